The van der Waals surface area contributed by atoms with Crippen molar-refractivity contribution in [3.8, 4) is 5.75 Å². The van der Waals surface area contributed by atoms with E-state index in [1.807, 2.05) is 30.3 Å². The molecule has 0 radical (unpaired) electrons. The maximum Gasteiger partial charge on any atom is 0.148 e. The van der Waals surface area contributed by atoms with E-state index in [-0.39, 0.29) is 5.60 Å². The van der Waals surface area contributed by atoms with Crippen LogP contribution in [0.25, 0.3) is 10.8 Å². The summed E-state index contributed by atoms with van der Waals surface area (Å²) in [7, 11) is 1.68. The highest BCUT2D eigenvalue weighted by Gasteiger charge is 2.39. The summed E-state index contributed by atoms with van der Waals surface area (Å²) < 4.78 is 16.6. The van der Waals surface area contributed by atoms with E-state index in [0.29, 0.717) is 25.0 Å². The van der Waals surface area contributed by atoms with Crippen LogP contribution in [0.15, 0.2) is 48.8 Å². The van der Waals surface area contributed by atoms with E-state index in [4.69, 9.17) is 25.8 Å². The van der Waals surface area contributed by atoms with Crippen LogP contribution in [-0.4, -0.2) is 42.5 Å². The minimum atomic E-state index is -0.332. The Kier molecular flexibility index (Phi) is 4.63. The molecular formula is C19H18ClN3O3. The van der Waals surface area contributed by atoms with Gasteiger partial charge in [-0.15, -0.1) is 0 Å². The molecule has 1 fully saturated rings. The molecule has 0 saturated carbocycles. The van der Waals surface area contributed by atoms with Gasteiger partial charge in [0.05, 0.1) is 25.1 Å². The van der Waals surface area contributed by atoms with Gasteiger partial charge in [0, 0.05) is 18.7 Å². The van der Waals surface area contributed by atoms with E-state index in [1.165, 1.54) is 0 Å². The van der Waals surface area contributed by atoms with Crippen molar-refractivity contribution in [3.05, 3.63) is 53.9 Å². The molecule has 3 heterocycles. The fourth-order valence-corrected chi connectivity index (χ4v) is 2.85. The van der Waals surface area contributed by atoms with Crippen LogP contribution >= 0.6 is 11.6 Å². The monoisotopic (exact) mass is 371 g/mol. The van der Waals surface area contributed by atoms with Gasteiger partial charge < -0.3 is 19.5 Å². The summed E-state index contributed by atoms with van der Waals surface area (Å²) in [6, 6.07) is 11.4. The lowest BCUT2D eigenvalue weighted by atomic mass is 10.0. The Labute approximate surface area is 156 Å². The van der Waals surface area contributed by atoms with Crippen LogP contribution in [0.5, 0.6) is 5.75 Å². The molecule has 0 bridgehead atoms. The third-order valence-electron chi connectivity index (χ3n) is 4.39. The Morgan fingerprint density at radius 3 is 2.77 bits per heavy atom. The van der Waals surface area contributed by atoms with Crippen LogP contribution < -0.4 is 10.1 Å². The average Bonchev–Trinajstić information content (AvgIpc) is 2.63. The van der Waals surface area contributed by atoms with Gasteiger partial charge in [-0.1, -0.05) is 11.6 Å². The van der Waals surface area contributed by atoms with Gasteiger partial charge in [-0.25, -0.2) is 9.97 Å². The molecular weight excluding hydrogens is 354 g/mol. The smallest absolute Gasteiger partial charge is 0.148 e. The topological polar surface area (TPSA) is 65.5 Å². The SMILES string of the molecule is COC1(COc2ccc3c(Nc4ccc(Cl)nc4)nccc3c2)COC1. The van der Waals surface area contributed by atoms with Crippen molar-refractivity contribution in [2.75, 3.05) is 32.2 Å². The first-order valence-corrected chi connectivity index (χ1v) is 8.58. The zero-order valence-corrected chi connectivity index (χ0v) is 15.0. The lowest BCUT2D eigenvalue weighted by molar-refractivity contribution is -0.208. The Morgan fingerprint density at radius 2 is 2.08 bits per heavy atom. The summed E-state index contributed by atoms with van der Waals surface area (Å²) in [6.45, 7) is 1.58. The van der Waals surface area contributed by atoms with Crippen molar-refractivity contribution in [3.63, 3.8) is 0 Å². The number of fused-ring (bicyclic) bond motifs is 1. The summed E-state index contributed by atoms with van der Waals surface area (Å²) in [5.74, 6) is 1.53. The standard InChI is InChI=1S/C19H18ClN3O3/c1-24-19(10-25-11-19)12-26-15-3-4-16-13(8-15)6-7-21-18(16)23-14-2-5-17(20)22-9-14/h2-9H,10-12H2,1H3,(H,21,23). The molecule has 2 aromatic heterocycles. The number of methoxy groups -OCH3 is 1. The fraction of sp³-hybridized carbons (Fsp3) is 0.263. The lowest BCUT2D eigenvalue weighted by Crippen LogP contribution is -2.55. The number of halogens is 1. The van der Waals surface area contributed by atoms with Crippen molar-refractivity contribution in [2.45, 2.75) is 5.60 Å². The quantitative estimate of drug-likeness (QED) is 0.664. The molecule has 7 heteroatoms. The second kappa shape index (κ2) is 7.07. The highest BCUT2D eigenvalue weighted by atomic mass is 35.5. The van der Waals surface area contributed by atoms with Crippen LogP contribution in [0.4, 0.5) is 11.5 Å². The van der Waals surface area contributed by atoms with Gasteiger partial charge in [-0.2, -0.15) is 0 Å². The number of anilines is 2. The van der Waals surface area contributed by atoms with E-state index < -0.39 is 0 Å². The zero-order valence-electron chi connectivity index (χ0n) is 14.2. The average molecular weight is 372 g/mol. The van der Waals surface area contributed by atoms with Crippen LogP contribution in [0.3, 0.4) is 0 Å². The molecule has 0 unspecified atom stereocenters. The number of nitrogens with zero attached hydrogens (tertiary/aromatic N) is 2. The maximum atomic E-state index is 5.91. The Morgan fingerprint density at radius 1 is 1.19 bits per heavy atom. The number of benzene rings is 1. The third kappa shape index (κ3) is 3.44. The summed E-state index contributed by atoms with van der Waals surface area (Å²) in [5.41, 5.74) is 0.489. The minimum Gasteiger partial charge on any atom is -0.490 e. The first-order valence-electron chi connectivity index (χ1n) is 8.21. The molecule has 26 heavy (non-hydrogen) atoms. The lowest BCUT2D eigenvalue weighted by Gasteiger charge is -2.39. The molecule has 0 atom stereocenters. The number of hydrogen-bond acceptors (Lipinski definition) is 6. The van der Waals surface area contributed by atoms with Crippen molar-refractivity contribution in [1.29, 1.82) is 0 Å². The molecule has 0 amide bonds. The minimum absolute atomic E-state index is 0.332. The number of pyridine rings is 2. The molecule has 3 aromatic rings. The van der Waals surface area contributed by atoms with Gasteiger partial charge in [-0.3, -0.25) is 0 Å². The first-order chi connectivity index (χ1) is 12.7. The van der Waals surface area contributed by atoms with Crippen molar-refractivity contribution >= 4 is 33.9 Å². The van der Waals surface area contributed by atoms with E-state index in [1.54, 1.807) is 25.6 Å². The van der Waals surface area contributed by atoms with Crippen LogP contribution in [-0.2, 0) is 9.47 Å². The predicted octanol–water partition coefficient (Wildman–Crippen LogP) is 3.82. The molecule has 0 aliphatic carbocycles. The number of nitrogens with one attached hydrogen (secondary N) is 1. The fourth-order valence-electron chi connectivity index (χ4n) is 2.74. The van der Waals surface area contributed by atoms with Crippen molar-refractivity contribution in [2.24, 2.45) is 0 Å². The Bertz CT molecular complexity index is 908. The summed E-state index contributed by atoms with van der Waals surface area (Å²) >= 11 is 5.83. The van der Waals surface area contributed by atoms with E-state index in [2.05, 4.69) is 15.3 Å². The van der Waals surface area contributed by atoms with Gasteiger partial charge >= 0.3 is 0 Å². The van der Waals surface area contributed by atoms with Gasteiger partial charge in [0.1, 0.15) is 28.9 Å². The van der Waals surface area contributed by atoms with Crippen LogP contribution in [0, 0.1) is 0 Å². The Balaban J connectivity index is 1.54. The number of rotatable bonds is 6. The molecule has 1 N–H and O–H groups in total. The third-order valence-corrected chi connectivity index (χ3v) is 4.61. The second-order valence-corrected chi connectivity index (χ2v) is 6.59. The summed E-state index contributed by atoms with van der Waals surface area (Å²) in [5, 5.41) is 5.74. The molecule has 1 aromatic carbocycles. The van der Waals surface area contributed by atoms with Gasteiger partial charge in [0.15, 0.2) is 0 Å². The summed E-state index contributed by atoms with van der Waals surface area (Å²) in [4.78, 5) is 8.50. The number of hydrogen-bond donors (Lipinski definition) is 1. The number of aromatic nitrogens is 2. The van der Waals surface area contributed by atoms with E-state index >= 15 is 0 Å². The van der Waals surface area contributed by atoms with Crippen molar-refractivity contribution in [1.82, 2.24) is 9.97 Å². The largest absolute Gasteiger partial charge is 0.490 e. The number of ether oxygens (including phenoxy) is 3. The zero-order chi connectivity index (χ0) is 18.0. The Hall–Kier alpha value is -2.41. The van der Waals surface area contributed by atoms with Crippen molar-refractivity contribution < 1.29 is 14.2 Å². The molecule has 4 rings (SSSR count). The molecule has 6 nitrogen and oxygen atoms in total. The highest BCUT2D eigenvalue weighted by molar-refractivity contribution is 6.29. The highest BCUT2D eigenvalue weighted by Crippen LogP contribution is 2.29. The first kappa shape index (κ1) is 17.0. The molecule has 0 spiro atoms. The van der Waals surface area contributed by atoms with E-state index in [0.717, 1.165) is 28.0 Å². The molecule has 1 aliphatic rings. The second-order valence-electron chi connectivity index (χ2n) is 6.21. The van der Waals surface area contributed by atoms with E-state index in [9.17, 15) is 0 Å². The molecule has 134 valence electrons. The van der Waals surface area contributed by atoms with Crippen LogP contribution in [0.2, 0.25) is 5.15 Å². The normalized spacial score (nSPS) is 15.5. The summed E-state index contributed by atoms with van der Waals surface area (Å²) in [6.07, 6.45) is 3.43. The molecule has 1 saturated heterocycles. The molecule has 1 aliphatic heterocycles. The van der Waals surface area contributed by atoms with Gasteiger partial charge in [0.2, 0.25) is 0 Å². The van der Waals surface area contributed by atoms with Gasteiger partial charge in [0.25, 0.3) is 0 Å². The predicted molar refractivity (Wildman–Crippen MR) is 100 cm³/mol. The maximum absolute atomic E-state index is 5.91. The van der Waals surface area contributed by atoms with Gasteiger partial charge in [-0.05, 0) is 41.8 Å². The van der Waals surface area contributed by atoms with Crippen LogP contribution in [0.1, 0.15) is 0 Å².